The Balaban J connectivity index is 1.93. The average molecular weight is 241 g/mol. The van der Waals surface area contributed by atoms with Crippen LogP contribution in [0, 0.1) is 5.41 Å². The second kappa shape index (κ2) is 3.94. The van der Waals surface area contributed by atoms with Crippen molar-refractivity contribution in [1.29, 1.82) is 5.41 Å². The summed E-state index contributed by atoms with van der Waals surface area (Å²) >= 11 is 0. The van der Waals surface area contributed by atoms with Crippen LogP contribution in [0.1, 0.15) is 29.9 Å². The molecular formula is C13H15N5. The molecule has 92 valence electrons. The normalized spacial score (nSPS) is 15.9. The van der Waals surface area contributed by atoms with Crippen LogP contribution in [0.2, 0.25) is 0 Å². The topological polar surface area (TPSA) is 57.8 Å². The average Bonchev–Trinajstić information content (AvgIpc) is 2.94. The molecule has 1 aromatic heterocycles. The summed E-state index contributed by atoms with van der Waals surface area (Å²) in [4.78, 5) is 2.05. The minimum absolute atomic E-state index is 0.0531. The van der Waals surface area contributed by atoms with Gasteiger partial charge in [-0.2, -0.15) is 0 Å². The van der Waals surface area contributed by atoms with Crippen LogP contribution in [-0.4, -0.2) is 25.5 Å². The molecule has 2 aromatic rings. The van der Waals surface area contributed by atoms with Gasteiger partial charge in [-0.05, 0) is 12.5 Å². The highest BCUT2D eigenvalue weighted by molar-refractivity contribution is 6.00. The molecule has 0 amide bonds. The molecule has 1 N–H and O–H groups in total. The monoisotopic (exact) mass is 241 g/mol. The number of benzene rings is 1. The maximum atomic E-state index is 8.26. The zero-order valence-corrected chi connectivity index (χ0v) is 10.5. The zero-order chi connectivity index (χ0) is 12.7. The smallest absolute Gasteiger partial charge is 0.155 e. The van der Waals surface area contributed by atoms with Crippen LogP contribution in [0.25, 0.3) is 0 Å². The van der Waals surface area contributed by atoms with E-state index in [1.165, 1.54) is 5.56 Å². The molecule has 0 aliphatic carbocycles. The number of hydrogen-bond donors (Lipinski definition) is 1. The van der Waals surface area contributed by atoms with Crippen molar-refractivity contribution in [3.8, 4) is 0 Å². The molecule has 5 heteroatoms. The van der Waals surface area contributed by atoms with Crippen molar-refractivity contribution in [2.24, 2.45) is 7.05 Å². The van der Waals surface area contributed by atoms with Crippen LogP contribution in [0.3, 0.4) is 0 Å². The Morgan fingerprint density at radius 2 is 2.11 bits per heavy atom. The van der Waals surface area contributed by atoms with E-state index < -0.39 is 0 Å². The molecule has 0 spiro atoms. The van der Waals surface area contributed by atoms with Gasteiger partial charge < -0.3 is 9.47 Å². The number of nitrogens with zero attached hydrogens (tertiary/aromatic N) is 4. The van der Waals surface area contributed by atoms with Crippen molar-refractivity contribution in [3.05, 3.63) is 47.5 Å². The zero-order valence-electron chi connectivity index (χ0n) is 10.5. The molecule has 0 bridgehead atoms. The SMILES string of the molecule is CC(c1nncn1C)N1Cc2ccccc2C1=N. The van der Waals surface area contributed by atoms with Gasteiger partial charge in [0.2, 0.25) is 0 Å². The first-order chi connectivity index (χ1) is 8.68. The summed E-state index contributed by atoms with van der Waals surface area (Å²) in [5.74, 6) is 1.45. The number of hydrogen-bond acceptors (Lipinski definition) is 3. The van der Waals surface area contributed by atoms with Gasteiger partial charge in [0.1, 0.15) is 12.2 Å². The number of nitrogens with one attached hydrogen (secondary N) is 1. The summed E-state index contributed by atoms with van der Waals surface area (Å²) in [6.45, 7) is 2.83. The summed E-state index contributed by atoms with van der Waals surface area (Å²) in [6.07, 6.45) is 1.69. The second-order valence-electron chi connectivity index (χ2n) is 4.61. The molecule has 0 fully saturated rings. The van der Waals surface area contributed by atoms with Crippen molar-refractivity contribution in [2.75, 3.05) is 0 Å². The van der Waals surface area contributed by atoms with Crippen molar-refractivity contribution < 1.29 is 0 Å². The lowest BCUT2D eigenvalue weighted by Crippen LogP contribution is -2.29. The Hall–Kier alpha value is -2.17. The number of fused-ring (bicyclic) bond motifs is 1. The number of aromatic nitrogens is 3. The number of amidine groups is 1. The largest absolute Gasteiger partial charge is 0.342 e. The molecule has 18 heavy (non-hydrogen) atoms. The molecule has 3 rings (SSSR count). The molecule has 0 saturated carbocycles. The summed E-state index contributed by atoms with van der Waals surface area (Å²) in [6, 6.07) is 8.12. The fourth-order valence-electron chi connectivity index (χ4n) is 2.45. The molecule has 1 atom stereocenters. The van der Waals surface area contributed by atoms with Crippen LogP contribution in [0.4, 0.5) is 0 Å². The van der Waals surface area contributed by atoms with E-state index in [4.69, 9.17) is 5.41 Å². The third kappa shape index (κ3) is 1.51. The molecule has 1 aliphatic heterocycles. The van der Waals surface area contributed by atoms with Crippen molar-refractivity contribution in [3.63, 3.8) is 0 Å². The highest BCUT2D eigenvalue weighted by atomic mass is 15.3. The van der Waals surface area contributed by atoms with Gasteiger partial charge in [-0.15, -0.1) is 10.2 Å². The maximum absolute atomic E-state index is 8.26. The minimum Gasteiger partial charge on any atom is -0.342 e. The maximum Gasteiger partial charge on any atom is 0.155 e. The quantitative estimate of drug-likeness (QED) is 0.871. The molecule has 1 aromatic carbocycles. The Morgan fingerprint density at radius 1 is 1.33 bits per heavy atom. The number of aryl methyl sites for hydroxylation is 1. The van der Waals surface area contributed by atoms with Gasteiger partial charge in [-0.1, -0.05) is 24.3 Å². The first kappa shape index (κ1) is 11.0. The molecule has 5 nitrogen and oxygen atoms in total. The number of rotatable bonds is 2. The minimum atomic E-state index is 0.0531. The van der Waals surface area contributed by atoms with Crippen LogP contribution in [-0.2, 0) is 13.6 Å². The predicted molar refractivity (Wildman–Crippen MR) is 68.2 cm³/mol. The van der Waals surface area contributed by atoms with Crippen LogP contribution >= 0.6 is 0 Å². The van der Waals surface area contributed by atoms with Gasteiger partial charge in [0.25, 0.3) is 0 Å². The molecule has 2 heterocycles. The fourth-order valence-corrected chi connectivity index (χ4v) is 2.45. The molecule has 1 unspecified atom stereocenters. The second-order valence-corrected chi connectivity index (χ2v) is 4.61. The van der Waals surface area contributed by atoms with Gasteiger partial charge in [-0.3, -0.25) is 5.41 Å². The molecule has 0 saturated heterocycles. The standard InChI is InChI=1S/C13H15N5/c1-9(13-16-15-8-17(13)2)18-7-10-5-3-4-6-11(10)12(18)14/h3-6,8-9,14H,7H2,1-2H3. The van der Waals surface area contributed by atoms with E-state index in [1.807, 2.05) is 29.8 Å². The Kier molecular flexibility index (Phi) is 2.40. The van der Waals surface area contributed by atoms with Crippen LogP contribution < -0.4 is 0 Å². The van der Waals surface area contributed by atoms with Crippen LogP contribution in [0.5, 0.6) is 0 Å². The van der Waals surface area contributed by atoms with Gasteiger partial charge in [-0.25, -0.2) is 0 Å². The van der Waals surface area contributed by atoms with Gasteiger partial charge in [0.15, 0.2) is 5.82 Å². The molecular weight excluding hydrogens is 226 g/mol. The summed E-state index contributed by atoms with van der Waals surface area (Å²) in [5.41, 5.74) is 2.23. The Labute approximate surface area is 106 Å². The van der Waals surface area contributed by atoms with Crippen molar-refractivity contribution in [1.82, 2.24) is 19.7 Å². The van der Waals surface area contributed by atoms with Gasteiger partial charge in [0.05, 0.1) is 6.04 Å². The van der Waals surface area contributed by atoms with Crippen molar-refractivity contribution >= 4 is 5.84 Å². The molecule has 1 aliphatic rings. The Morgan fingerprint density at radius 3 is 2.78 bits per heavy atom. The fraction of sp³-hybridized carbons (Fsp3) is 0.308. The molecule has 0 radical (unpaired) electrons. The van der Waals surface area contributed by atoms with E-state index in [1.54, 1.807) is 6.33 Å². The highest BCUT2D eigenvalue weighted by Gasteiger charge is 2.29. The first-order valence-electron chi connectivity index (χ1n) is 5.96. The summed E-state index contributed by atoms with van der Waals surface area (Å²) < 4.78 is 1.90. The van der Waals surface area contributed by atoms with E-state index in [9.17, 15) is 0 Å². The predicted octanol–water partition coefficient (Wildman–Crippen LogP) is 1.72. The lowest BCUT2D eigenvalue weighted by molar-refractivity contribution is 0.322. The lowest BCUT2D eigenvalue weighted by atomic mass is 10.1. The van der Waals surface area contributed by atoms with Gasteiger partial charge >= 0.3 is 0 Å². The van der Waals surface area contributed by atoms with E-state index in [2.05, 4.69) is 28.1 Å². The third-order valence-electron chi connectivity index (χ3n) is 3.49. The van der Waals surface area contributed by atoms with E-state index in [-0.39, 0.29) is 6.04 Å². The summed E-state index contributed by atoms with van der Waals surface area (Å²) in [5, 5.41) is 16.3. The first-order valence-corrected chi connectivity index (χ1v) is 5.96. The lowest BCUT2D eigenvalue weighted by Gasteiger charge is -2.25. The van der Waals surface area contributed by atoms with E-state index in [0.717, 1.165) is 17.9 Å². The summed E-state index contributed by atoms with van der Waals surface area (Å²) in [7, 11) is 1.93. The van der Waals surface area contributed by atoms with Crippen LogP contribution in [0.15, 0.2) is 30.6 Å². The van der Waals surface area contributed by atoms with Gasteiger partial charge in [0, 0.05) is 19.2 Å². The third-order valence-corrected chi connectivity index (χ3v) is 3.49. The Bertz CT molecular complexity index is 601. The van der Waals surface area contributed by atoms with E-state index in [0.29, 0.717) is 5.84 Å². The highest BCUT2D eigenvalue weighted by Crippen LogP contribution is 2.29. The van der Waals surface area contributed by atoms with Crippen molar-refractivity contribution in [2.45, 2.75) is 19.5 Å². The van der Waals surface area contributed by atoms with E-state index >= 15 is 0 Å².